The van der Waals surface area contributed by atoms with E-state index in [1.165, 1.54) is 42.5 Å². The Morgan fingerprint density at radius 3 is 2.48 bits per heavy atom. The van der Waals surface area contributed by atoms with Crippen LogP contribution in [-0.2, 0) is 14.8 Å². The first-order chi connectivity index (χ1) is 14.9. The van der Waals surface area contributed by atoms with Crippen molar-refractivity contribution in [1.82, 2.24) is 13.9 Å². The number of hydrogen-bond acceptors (Lipinski definition) is 7. The SMILES string of the molecule is O=c1[nH]c2cc(Cl)ccc2c(=O)n1S(=O)(=O)c1ccc(OCCN2CCOCC2)cc1. The molecule has 2 heterocycles. The summed E-state index contributed by atoms with van der Waals surface area (Å²) in [5, 5.41) is 0.350. The molecule has 0 radical (unpaired) electrons. The number of hydrogen-bond donors (Lipinski definition) is 1. The number of aromatic amines is 1. The number of fused-ring (bicyclic) bond motifs is 1. The molecule has 1 fully saturated rings. The van der Waals surface area contributed by atoms with Crippen molar-refractivity contribution in [2.24, 2.45) is 0 Å². The number of morpholine rings is 1. The number of nitrogens with zero attached hydrogens (tertiary/aromatic N) is 2. The van der Waals surface area contributed by atoms with Crippen molar-refractivity contribution in [2.45, 2.75) is 4.90 Å². The quantitative estimate of drug-likeness (QED) is 0.584. The fourth-order valence-electron chi connectivity index (χ4n) is 3.32. The van der Waals surface area contributed by atoms with Crippen LogP contribution in [0.2, 0.25) is 5.02 Å². The van der Waals surface area contributed by atoms with Crippen LogP contribution < -0.4 is 16.0 Å². The lowest BCUT2D eigenvalue weighted by atomic mass is 10.2. The summed E-state index contributed by atoms with van der Waals surface area (Å²) >= 11 is 5.87. The second-order valence-corrected chi connectivity index (χ2v) is 9.19. The predicted molar refractivity (Wildman–Crippen MR) is 116 cm³/mol. The van der Waals surface area contributed by atoms with Crippen LogP contribution in [0.5, 0.6) is 5.75 Å². The number of halogens is 1. The zero-order valence-corrected chi connectivity index (χ0v) is 18.0. The van der Waals surface area contributed by atoms with Crippen molar-refractivity contribution < 1.29 is 17.9 Å². The summed E-state index contributed by atoms with van der Waals surface area (Å²) in [4.78, 5) is 29.5. The normalized spacial score (nSPS) is 15.3. The highest BCUT2D eigenvalue weighted by Gasteiger charge is 2.23. The van der Waals surface area contributed by atoms with Crippen LogP contribution in [0.1, 0.15) is 0 Å². The standard InChI is InChI=1S/C20H20ClN3O6S/c21-14-1-6-17-18(13-14)22-20(26)24(19(17)25)31(27,28)16-4-2-15(3-5-16)30-12-9-23-7-10-29-11-8-23/h1-6,13H,7-12H2,(H,22,26). The van der Waals surface area contributed by atoms with E-state index in [4.69, 9.17) is 21.1 Å². The van der Waals surface area contributed by atoms with Crippen molar-refractivity contribution in [3.63, 3.8) is 0 Å². The van der Waals surface area contributed by atoms with Crippen molar-refractivity contribution in [3.05, 3.63) is 68.3 Å². The van der Waals surface area contributed by atoms with Crippen molar-refractivity contribution >= 4 is 32.5 Å². The van der Waals surface area contributed by atoms with Crippen LogP contribution in [0.4, 0.5) is 0 Å². The Hall–Kier alpha value is -2.66. The first-order valence-electron chi connectivity index (χ1n) is 9.59. The van der Waals surface area contributed by atoms with Gasteiger partial charge in [-0.05, 0) is 42.5 Å². The molecule has 1 saturated heterocycles. The average Bonchev–Trinajstić information content (AvgIpc) is 2.74. The zero-order chi connectivity index (χ0) is 22.0. The average molecular weight is 466 g/mol. The molecule has 9 nitrogen and oxygen atoms in total. The van der Waals surface area contributed by atoms with E-state index in [9.17, 15) is 18.0 Å². The number of nitrogens with one attached hydrogen (secondary N) is 1. The van der Waals surface area contributed by atoms with Gasteiger partial charge in [-0.2, -0.15) is 0 Å². The largest absolute Gasteiger partial charge is 0.492 e. The lowest BCUT2D eigenvalue weighted by Crippen LogP contribution is -2.40. The van der Waals surface area contributed by atoms with Crippen molar-refractivity contribution in [1.29, 1.82) is 0 Å². The van der Waals surface area contributed by atoms with Crippen LogP contribution in [0.15, 0.2) is 56.9 Å². The molecule has 4 rings (SSSR count). The van der Waals surface area contributed by atoms with Gasteiger partial charge in [-0.3, -0.25) is 9.69 Å². The maximum Gasteiger partial charge on any atom is 0.343 e. The van der Waals surface area contributed by atoms with Crippen LogP contribution in [0.3, 0.4) is 0 Å². The molecular formula is C20H20ClN3O6S. The van der Waals surface area contributed by atoms with Crippen LogP contribution in [0.25, 0.3) is 10.9 Å². The summed E-state index contributed by atoms with van der Waals surface area (Å²) in [6.45, 7) is 4.27. The van der Waals surface area contributed by atoms with Gasteiger partial charge in [-0.1, -0.05) is 11.6 Å². The number of ether oxygens (including phenoxy) is 2. The van der Waals surface area contributed by atoms with Gasteiger partial charge in [0.25, 0.3) is 15.6 Å². The topological polar surface area (TPSA) is 111 Å². The Morgan fingerprint density at radius 1 is 1.06 bits per heavy atom. The van der Waals surface area contributed by atoms with Gasteiger partial charge in [0.1, 0.15) is 12.4 Å². The van der Waals surface area contributed by atoms with E-state index in [0.29, 0.717) is 30.6 Å². The number of H-pyrrole nitrogens is 1. The molecular weight excluding hydrogens is 446 g/mol. The van der Waals surface area contributed by atoms with Gasteiger partial charge in [0.2, 0.25) is 0 Å². The summed E-state index contributed by atoms with van der Waals surface area (Å²) in [6, 6.07) is 9.80. The maximum atomic E-state index is 13.0. The van der Waals surface area contributed by atoms with Crippen LogP contribution in [-0.4, -0.2) is 61.7 Å². The van der Waals surface area contributed by atoms with Gasteiger partial charge >= 0.3 is 5.69 Å². The van der Waals surface area contributed by atoms with Gasteiger partial charge in [-0.15, -0.1) is 3.97 Å². The minimum atomic E-state index is -4.41. The highest BCUT2D eigenvalue weighted by Crippen LogP contribution is 2.18. The monoisotopic (exact) mass is 465 g/mol. The molecule has 1 aliphatic heterocycles. The summed E-state index contributed by atoms with van der Waals surface area (Å²) in [5.41, 5.74) is -1.84. The van der Waals surface area contributed by atoms with E-state index in [-0.39, 0.29) is 19.8 Å². The van der Waals surface area contributed by atoms with Crippen molar-refractivity contribution in [2.75, 3.05) is 39.5 Å². The van der Waals surface area contributed by atoms with Gasteiger partial charge < -0.3 is 14.5 Å². The predicted octanol–water partition coefficient (Wildman–Crippen LogP) is 1.29. The molecule has 164 valence electrons. The number of rotatable bonds is 6. The van der Waals surface area contributed by atoms with E-state index in [1.807, 2.05) is 0 Å². The zero-order valence-electron chi connectivity index (χ0n) is 16.4. The van der Waals surface area contributed by atoms with Gasteiger partial charge in [-0.25, -0.2) is 13.2 Å². The molecule has 1 aliphatic rings. The molecule has 2 aromatic carbocycles. The third kappa shape index (κ3) is 4.52. The summed E-state index contributed by atoms with van der Waals surface area (Å²) in [7, 11) is -4.41. The number of benzene rings is 2. The molecule has 0 aliphatic carbocycles. The van der Waals surface area contributed by atoms with Gasteiger partial charge in [0.05, 0.1) is 29.0 Å². The van der Waals surface area contributed by atoms with E-state index in [0.717, 1.165) is 19.6 Å². The van der Waals surface area contributed by atoms with E-state index >= 15 is 0 Å². The molecule has 0 unspecified atom stereocenters. The Labute approximate surface area is 182 Å². The van der Waals surface area contributed by atoms with Crippen LogP contribution in [0, 0.1) is 0 Å². The van der Waals surface area contributed by atoms with Crippen molar-refractivity contribution in [3.8, 4) is 5.75 Å². The highest BCUT2D eigenvalue weighted by molar-refractivity contribution is 7.90. The highest BCUT2D eigenvalue weighted by atomic mass is 35.5. The summed E-state index contributed by atoms with van der Waals surface area (Å²) < 4.78 is 37.1. The van der Waals surface area contributed by atoms with Gasteiger partial charge in [0.15, 0.2) is 0 Å². The molecule has 0 bridgehead atoms. The van der Waals surface area contributed by atoms with Crippen LogP contribution >= 0.6 is 11.6 Å². The molecule has 0 amide bonds. The Bertz CT molecular complexity index is 1310. The molecule has 0 saturated carbocycles. The fraction of sp³-hybridized carbons (Fsp3) is 0.300. The summed E-state index contributed by atoms with van der Waals surface area (Å²) in [6.07, 6.45) is 0. The van der Waals surface area contributed by atoms with Gasteiger partial charge in [0, 0.05) is 24.7 Å². The molecule has 1 aromatic heterocycles. The molecule has 3 aromatic rings. The Balaban J connectivity index is 1.56. The molecule has 31 heavy (non-hydrogen) atoms. The smallest absolute Gasteiger partial charge is 0.343 e. The second kappa shape index (κ2) is 8.83. The van der Waals surface area contributed by atoms with E-state index in [1.54, 1.807) is 0 Å². The molecule has 11 heteroatoms. The second-order valence-electron chi connectivity index (χ2n) is 6.97. The van der Waals surface area contributed by atoms with E-state index < -0.39 is 21.3 Å². The number of aromatic nitrogens is 2. The first kappa shape index (κ1) is 21.6. The third-order valence-corrected chi connectivity index (χ3v) is 6.88. The Kier molecular flexibility index (Phi) is 6.15. The fourth-order valence-corrected chi connectivity index (χ4v) is 4.77. The minimum absolute atomic E-state index is 0.0376. The Morgan fingerprint density at radius 2 is 1.77 bits per heavy atom. The maximum absolute atomic E-state index is 13.0. The van der Waals surface area contributed by atoms with E-state index in [2.05, 4.69) is 9.88 Å². The minimum Gasteiger partial charge on any atom is -0.492 e. The molecule has 0 atom stereocenters. The summed E-state index contributed by atoms with van der Waals surface area (Å²) in [5.74, 6) is 0.488. The third-order valence-electron chi connectivity index (χ3n) is 4.96. The lowest BCUT2D eigenvalue weighted by molar-refractivity contribution is 0.0322. The molecule has 1 N–H and O–H groups in total. The molecule has 0 spiro atoms. The first-order valence-corrected chi connectivity index (χ1v) is 11.4. The lowest BCUT2D eigenvalue weighted by Gasteiger charge is -2.26.